The molecule has 12 heavy (non-hydrogen) atoms. The monoisotopic (exact) mass is 161 g/mol. The zero-order valence-electron chi connectivity index (χ0n) is 7.00. The van der Waals surface area contributed by atoms with Gasteiger partial charge in [-0.05, 0) is 18.1 Å². The molecule has 2 rings (SSSR count). The van der Waals surface area contributed by atoms with Crippen molar-refractivity contribution in [1.82, 2.24) is 5.32 Å². The molecule has 0 unspecified atom stereocenters. The Kier molecular flexibility index (Phi) is 1.61. The zero-order chi connectivity index (χ0) is 8.55. The Hall–Kier alpha value is -1.31. The van der Waals surface area contributed by atoms with Gasteiger partial charge in [-0.1, -0.05) is 24.3 Å². The standard InChI is InChI=1S/C10H11NO/c1-7-4-2-3-5-8(7)9-6-10(12)11-9/h2-5,9H,6H2,1H3,(H,11,12)/t9-/m1/s1. The lowest BCUT2D eigenvalue weighted by molar-refractivity contribution is -0.128. The molecule has 1 N–H and O–H groups in total. The lowest BCUT2D eigenvalue weighted by atomic mass is 9.94. The minimum Gasteiger partial charge on any atom is -0.349 e. The Labute approximate surface area is 71.6 Å². The molecule has 0 spiro atoms. The molecule has 0 saturated carbocycles. The summed E-state index contributed by atoms with van der Waals surface area (Å²) in [5.41, 5.74) is 2.50. The van der Waals surface area contributed by atoms with Crippen LogP contribution in [0.1, 0.15) is 23.6 Å². The number of aryl methyl sites for hydroxylation is 1. The summed E-state index contributed by atoms with van der Waals surface area (Å²) in [6, 6.07) is 8.42. The second-order valence-electron chi connectivity index (χ2n) is 3.18. The van der Waals surface area contributed by atoms with Crippen molar-refractivity contribution >= 4 is 5.91 Å². The summed E-state index contributed by atoms with van der Waals surface area (Å²) >= 11 is 0. The summed E-state index contributed by atoms with van der Waals surface area (Å²) in [4.78, 5) is 10.7. The third-order valence-electron chi connectivity index (χ3n) is 2.29. The van der Waals surface area contributed by atoms with Crippen molar-refractivity contribution in [3.05, 3.63) is 35.4 Å². The summed E-state index contributed by atoms with van der Waals surface area (Å²) in [5.74, 6) is 0.156. The van der Waals surface area contributed by atoms with E-state index in [9.17, 15) is 4.79 Å². The van der Waals surface area contributed by atoms with Gasteiger partial charge in [-0.2, -0.15) is 0 Å². The van der Waals surface area contributed by atoms with Crippen molar-refractivity contribution < 1.29 is 4.79 Å². The number of hydrogen-bond donors (Lipinski definition) is 1. The Balaban J connectivity index is 2.23. The maximum atomic E-state index is 10.7. The maximum absolute atomic E-state index is 10.7. The summed E-state index contributed by atoms with van der Waals surface area (Å²) in [6.07, 6.45) is 0.644. The van der Waals surface area contributed by atoms with E-state index >= 15 is 0 Å². The van der Waals surface area contributed by atoms with E-state index < -0.39 is 0 Å². The smallest absolute Gasteiger partial charge is 0.222 e. The van der Waals surface area contributed by atoms with Crippen LogP contribution in [0.4, 0.5) is 0 Å². The summed E-state index contributed by atoms with van der Waals surface area (Å²) in [7, 11) is 0. The van der Waals surface area contributed by atoms with Crippen LogP contribution in [-0.4, -0.2) is 5.91 Å². The van der Waals surface area contributed by atoms with Crippen molar-refractivity contribution in [2.45, 2.75) is 19.4 Å². The van der Waals surface area contributed by atoms with E-state index in [-0.39, 0.29) is 11.9 Å². The first-order valence-electron chi connectivity index (χ1n) is 4.12. The largest absolute Gasteiger partial charge is 0.349 e. The Bertz CT molecular complexity index is 311. The lowest BCUT2D eigenvalue weighted by Crippen LogP contribution is -2.41. The summed E-state index contributed by atoms with van der Waals surface area (Å²) in [5, 5.41) is 2.86. The van der Waals surface area contributed by atoms with Crippen LogP contribution in [0.25, 0.3) is 0 Å². The van der Waals surface area contributed by atoms with Crippen LogP contribution in [-0.2, 0) is 4.79 Å². The molecule has 2 heteroatoms. The fourth-order valence-corrected chi connectivity index (χ4v) is 1.52. The van der Waals surface area contributed by atoms with Gasteiger partial charge in [-0.25, -0.2) is 0 Å². The molecule has 1 fully saturated rings. The number of β-lactam (4-membered cyclic amide) rings is 1. The van der Waals surface area contributed by atoms with Gasteiger partial charge in [0.1, 0.15) is 0 Å². The average molecular weight is 161 g/mol. The van der Waals surface area contributed by atoms with E-state index in [1.54, 1.807) is 0 Å². The molecule has 1 heterocycles. The topological polar surface area (TPSA) is 29.1 Å². The third-order valence-corrected chi connectivity index (χ3v) is 2.29. The molecule has 1 saturated heterocycles. The molecule has 1 aromatic rings. The van der Waals surface area contributed by atoms with Crippen LogP contribution in [0.5, 0.6) is 0 Å². The number of benzene rings is 1. The van der Waals surface area contributed by atoms with Crippen LogP contribution in [0.2, 0.25) is 0 Å². The number of carbonyl (C=O) groups is 1. The first kappa shape index (κ1) is 7.35. The first-order valence-corrected chi connectivity index (χ1v) is 4.12. The molecule has 1 atom stereocenters. The predicted octanol–water partition coefficient (Wildman–Crippen LogP) is 1.56. The molecular formula is C10H11NO. The molecule has 0 aliphatic carbocycles. The summed E-state index contributed by atoms with van der Waals surface area (Å²) < 4.78 is 0. The molecule has 0 radical (unpaired) electrons. The van der Waals surface area contributed by atoms with Crippen LogP contribution in [0, 0.1) is 6.92 Å². The molecule has 1 aliphatic rings. The van der Waals surface area contributed by atoms with Crippen LogP contribution < -0.4 is 5.32 Å². The van der Waals surface area contributed by atoms with Crippen molar-refractivity contribution in [2.24, 2.45) is 0 Å². The highest BCUT2D eigenvalue weighted by atomic mass is 16.2. The van der Waals surface area contributed by atoms with Crippen LogP contribution in [0.15, 0.2) is 24.3 Å². The minimum absolute atomic E-state index is 0.156. The molecule has 1 amide bonds. The van der Waals surface area contributed by atoms with Crippen molar-refractivity contribution in [3.8, 4) is 0 Å². The van der Waals surface area contributed by atoms with Gasteiger partial charge in [0.2, 0.25) is 5.91 Å². The highest BCUT2D eigenvalue weighted by Gasteiger charge is 2.27. The fourth-order valence-electron chi connectivity index (χ4n) is 1.52. The Morgan fingerprint density at radius 2 is 2.08 bits per heavy atom. The van der Waals surface area contributed by atoms with E-state index in [2.05, 4.69) is 24.4 Å². The quantitative estimate of drug-likeness (QED) is 0.622. The second-order valence-corrected chi connectivity index (χ2v) is 3.18. The molecular weight excluding hydrogens is 150 g/mol. The maximum Gasteiger partial charge on any atom is 0.222 e. The van der Waals surface area contributed by atoms with Crippen LogP contribution >= 0.6 is 0 Å². The predicted molar refractivity (Wildman–Crippen MR) is 46.7 cm³/mol. The van der Waals surface area contributed by atoms with Gasteiger partial charge >= 0.3 is 0 Å². The van der Waals surface area contributed by atoms with Gasteiger partial charge in [0.25, 0.3) is 0 Å². The highest BCUT2D eigenvalue weighted by Crippen LogP contribution is 2.25. The molecule has 1 aliphatic heterocycles. The molecule has 1 aromatic carbocycles. The van der Waals surface area contributed by atoms with Crippen LogP contribution in [0.3, 0.4) is 0 Å². The molecule has 62 valence electrons. The number of amides is 1. The fraction of sp³-hybridized carbons (Fsp3) is 0.300. The second kappa shape index (κ2) is 2.63. The minimum atomic E-state index is 0.156. The van der Waals surface area contributed by atoms with Crippen molar-refractivity contribution in [3.63, 3.8) is 0 Å². The average Bonchev–Trinajstić information content (AvgIpc) is 2.01. The van der Waals surface area contributed by atoms with E-state index in [0.717, 1.165) is 0 Å². The molecule has 0 bridgehead atoms. The van der Waals surface area contributed by atoms with E-state index in [1.165, 1.54) is 11.1 Å². The number of nitrogens with one attached hydrogen (secondary N) is 1. The molecule has 0 aromatic heterocycles. The number of hydrogen-bond acceptors (Lipinski definition) is 1. The van der Waals surface area contributed by atoms with E-state index in [1.807, 2.05) is 12.1 Å². The van der Waals surface area contributed by atoms with Gasteiger partial charge < -0.3 is 5.32 Å². The number of carbonyl (C=O) groups excluding carboxylic acids is 1. The van der Waals surface area contributed by atoms with Gasteiger partial charge in [0.05, 0.1) is 12.5 Å². The van der Waals surface area contributed by atoms with Crippen molar-refractivity contribution in [1.29, 1.82) is 0 Å². The number of rotatable bonds is 1. The van der Waals surface area contributed by atoms with Gasteiger partial charge in [0.15, 0.2) is 0 Å². The van der Waals surface area contributed by atoms with E-state index in [4.69, 9.17) is 0 Å². The highest BCUT2D eigenvalue weighted by molar-refractivity contribution is 5.83. The van der Waals surface area contributed by atoms with Crippen molar-refractivity contribution in [2.75, 3.05) is 0 Å². The van der Waals surface area contributed by atoms with Gasteiger partial charge in [-0.3, -0.25) is 4.79 Å². The zero-order valence-corrected chi connectivity index (χ0v) is 7.00. The van der Waals surface area contributed by atoms with Gasteiger partial charge in [0, 0.05) is 0 Å². The normalized spacial score (nSPS) is 21.4. The molecule has 2 nitrogen and oxygen atoms in total. The van der Waals surface area contributed by atoms with Gasteiger partial charge in [-0.15, -0.1) is 0 Å². The first-order chi connectivity index (χ1) is 5.77. The SMILES string of the molecule is Cc1ccccc1[C@H]1CC(=O)N1. The van der Waals surface area contributed by atoms with E-state index in [0.29, 0.717) is 6.42 Å². The lowest BCUT2D eigenvalue weighted by Gasteiger charge is -2.28. The third kappa shape index (κ3) is 1.09. The Morgan fingerprint density at radius 1 is 1.42 bits per heavy atom. The Morgan fingerprint density at radius 3 is 2.67 bits per heavy atom. The summed E-state index contributed by atoms with van der Waals surface area (Å²) in [6.45, 7) is 2.07.